The van der Waals surface area contributed by atoms with E-state index in [0.29, 0.717) is 24.0 Å². The molecule has 0 unspecified atom stereocenters. The highest BCUT2D eigenvalue weighted by atomic mass is 32.2. The molecule has 1 saturated heterocycles. The number of nitrogens with zero attached hydrogens (tertiary/aromatic N) is 2. The smallest absolute Gasteiger partial charge is 0.281 e. The second-order valence-electron chi connectivity index (χ2n) is 5.64. The standard InChI is InChI=1S/C14H19N3O2S2/c1-9-2-3-10-11(8-9)21-13(15-10)16-12(18)4-5-17-6-7-20-14(17)19/h9H,2-8H2,1H3,(H,15,16,18)/t9-/m0/s1. The van der Waals surface area contributed by atoms with Crippen LogP contribution >= 0.6 is 23.1 Å². The van der Waals surface area contributed by atoms with Crippen LogP contribution in [0.25, 0.3) is 0 Å². The maximum Gasteiger partial charge on any atom is 0.281 e. The highest BCUT2D eigenvalue weighted by Crippen LogP contribution is 2.32. The first-order valence-corrected chi connectivity index (χ1v) is 9.12. The predicted molar refractivity (Wildman–Crippen MR) is 86.0 cm³/mol. The van der Waals surface area contributed by atoms with E-state index in [9.17, 15) is 9.59 Å². The van der Waals surface area contributed by atoms with Gasteiger partial charge in [0.25, 0.3) is 5.24 Å². The van der Waals surface area contributed by atoms with Gasteiger partial charge in [0.2, 0.25) is 5.91 Å². The summed E-state index contributed by atoms with van der Waals surface area (Å²) in [6, 6.07) is 0. The van der Waals surface area contributed by atoms with E-state index in [4.69, 9.17) is 0 Å². The maximum atomic E-state index is 12.0. The molecule has 2 heterocycles. The Bertz CT molecular complexity index is 558. The van der Waals surface area contributed by atoms with Gasteiger partial charge in [0.1, 0.15) is 0 Å². The van der Waals surface area contributed by atoms with Crippen molar-refractivity contribution < 1.29 is 9.59 Å². The maximum absolute atomic E-state index is 12.0. The van der Waals surface area contributed by atoms with Crippen molar-refractivity contribution in [3.05, 3.63) is 10.6 Å². The minimum Gasteiger partial charge on any atom is -0.332 e. The van der Waals surface area contributed by atoms with E-state index in [1.165, 1.54) is 23.1 Å². The molecule has 1 N–H and O–H groups in total. The molecule has 0 bridgehead atoms. The van der Waals surface area contributed by atoms with Gasteiger partial charge >= 0.3 is 0 Å². The number of rotatable bonds is 4. The molecule has 0 spiro atoms. The molecule has 1 aliphatic heterocycles. The molecule has 21 heavy (non-hydrogen) atoms. The molecule has 2 amide bonds. The molecule has 1 atom stereocenters. The first-order chi connectivity index (χ1) is 10.1. The van der Waals surface area contributed by atoms with Gasteiger partial charge in [0, 0.05) is 30.1 Å². The third-order valence-corrected chi connectivity index (χ3v) is 5.81. The first-order valence-electron chi connectivity index (χ1n) is 7.32. The minimum atomic E-state index is -0.0566. The summed E-state index contributed by atoms with van der Waals surface area (Å²) in [5.41, 5.74) is 1.15. The molecule has 1 fully saturated rings. The van der Waals surface area contributed by atoms with E-state index in [1.807, 2.05) is 0 Å². The molecule has 1 aromatic heterocycles. The molecule has 0 saturated carbocycles. The van der Waals surface area contributed by atoms with Crippen LogP contribution in [-0.4, -0.2) is 39.9 Å². The lowest BCUT2D eigenvalue weighted by molar-refractivity contribution is -0.116. The van der Waals surface area contributed by atoms with Gasteiger partial charge in [-0.05, 0) is 25.2 Å². The average Bonchev–Trinajstić information content (AvgIpc) is 3.01. The summed E-state index contributed by atoms with van der Waals surface area (Å²) < 4.78 is 0. The van der Waals surface area contributed by atoms with Gasteiger partial charge < -0.3 is 10.2 Å². The number of thiazole rings is 1. The topological polar surface area (TPSA) is 62.3 Å². The van der Waals surface area contributed by atoms with Gasteiger partial charge in [-0.2, -0.15) is 0 Å². The Hall–Kier alpha value is -1.08. The second kappa shape index (κ2) is 6.36. The Labute approximate surface area is 132 Å². The van der Waals surface area contributed by atoms with E-state index < -0.39 is 0 Å². The summed E-state index contributed by atoms with van der Waals surface area (Å²) in [6.07, 6.45) is 3.61. The van der Waals surface area contributed by atoms with Crippen molar-refractivity contribution in [2.45, 2.75) is 32.6 Å². The Morgan fingerprint density at radius 2 is 2.38 bits per heavy atom. The third kappa shape index (κ3) is 3.58. The van der Waals surface area contributed by atoms with Crippen LogP contribution in [-0.2, 0) is 17.6 Å². The molecule has 1 aromatic rings. The Kier molecular flexibility index (Phi) is 4.49. The highest BCUT2D eigenvalue weighted by molar-refractivity contribution is 8.13. The zero-order valence-electron chi connectivity index (χ0n) is 12.1. The van der Waals surface area contributed by atoms with E-state index in [-0.39, 0.29) is 11.1 Å². The summed E-state index contributed by atoms with van der Waals surface area (Å²) in [4.78, 5) is 31.0. The number of fused-ring (bicyclic) bond motifs is 1. The predicted octanol–water partition coefficient (Wildman–Crippen LogP) is 2.77. The summed E-state index contributed by atoms with van der Waals surface area (Å²) in [6.45, 7) is 3.51. The number of amides is 2. The number of aromatic nitrogens is 1. The zero-order chi connectivity index (χ0) is 14.8. The van der Waals surface area contributed by atoms with E-state index in [1.54, 1.807) is 16.2 Å². The number of thioether (sulfide) groups is 1. The lowest BCUT2D eigenvalue weighted by atomic mass is 9.93. The van der Waals surface area contributed by atoms with Crippen molar-refractivity contribution in [2.24, 2.45) is 5.92 Å². The normalized spacial score (nSPS) is 21.5. The number of hydrogen-bond acceptors (Lipinski definition) is 5. The minimum absolute atomic E-state index is 0.0566. The second-order valence-corrected chi connectivity index (χ2v) is 7.77. The van der Waals surface area contributed by atoms with Gasteiger partial charge in [-0.3, -0.25) is 9.59 Å². The van der Waals surface area contributed by atoms with Gasteiger partial charge in [0.05, 0.1) is 5.69 Å². The fraction of sp³-hybridized carbons (Fsp3) is 0.643. The molecule has 5 nitrogen and oxygen atoms in total. The molecule has 114 valence electrons. The van der Waals surface area contributed by atoms with Crippen LogP contribution in [0.4, 0.5) is 9.93 Å². The van der Waals surface area contributed by atoms with E-state index in [2.05, 4.69) is 17.2 Å². The number of hydrogen-bond donors (Lipinski definition) is 1. The third-order valence-electron chi connectivity index (χ3n) is 3.89. The Balaban J connectivity index is 1.52. The lowest BCUT2D eigenvalue weighted by Gasteiger charge is -2.15. The Morgan fingerprint density at radius 1 is 1.52 bits per heavy atom. The largest absolute Gasteiger partial charge is 0.332 e. The number of nitrogens with one attached hydrogen (secondary N) is 1. The van der Waals surface area contributed by atoms with Crippen LogP contribution in [0.15, 0.2) is 0 Å². The van der Waals surface area contributed by atoms with E-state index >= 15 is 0 Å². The number of carbonyl (C=O) groups excluding carboxylic acids is 2. The van der Waals surface area contributed by atoms with Crippen molar-refractivity contribution in [3.63, 3.8) is 0 Å². The van der Waals surface area contributed by atoms with Gasteiger partial charge in [-0.1, -0.05) is 18.7 Å². The summed E-state index contributed by atoms with van der Waals surface area (Å²) in [5, 5.41) is 3.67. The van der Waals surface area contributed by atoms with Crippen molar-refractivity contribution in [2.75, 3.05) is 24.2 Å². The molecule has 1 aliphatic carbocycles. The van der Waals surface area contributed by atoms with Crippen LogP contribution < -0.4 is 5.32 Å². The van der Waals surface area contributed by atoms with Gasteiger partial charge in [-0.15, -0.1) is 11.3 Å². The number of carbonyl (C=O) groups is 2. The van der Waals surface area contributed by atoms with Crippen LogP contribution in [0, 0.1) is 5.92 Å². The summed E-state index contributed by atoms with van der Waals surface area (Å²) in [7, 11) is 0. The van der Waals surface area contributed by atoms with Crippen molar-refractivity contribution in [3.8, 4) is 0 Å². The van der Waals surface area contributed by atoms with Crippen molar-refractivity contribution in [1.29, 1.82) is 0 Å². The SMILES string of the molecule is C[C@H]1CCc2nc(NC(=O)CCN3CCSC3=O)sc2C1. The first kappa shape index (κ1) is 14.8. The molecule has 0 aromatic carbocycles. The van der Waals surface area contributed by atoms with Crippen molar-refractivity contribution in [1.82, 2.24) is 9.88 Å². The van der Waals surface area contributed by atoms with Crippen LogP contribution in [0.5, 0.6) is 0 Å². The quantitative estimate of drug-likeness (QED) is 0.924. The van der Waals surface area contributed by atoms with Gasteiger partial charge in [-0.25, -0.2) is 4.98 Å². The number of anilines is 1. The van der Waals surface area contributed by atoms with Crippen LogP contribution in [0.1, 0.15) is 30.3 Å². The molecule has 0 radical (unpaired) electrons. The van der Waals surface area contributed by atoms with Crippen LogP contribution in [0.3, 0.4) is 0 Å². The monoisotopic (exact) mass is 325 g/mol. The Morgan fingerprint density at radius 3 is 3.14 bits per heavy atom. The molecule has 3 rings (SSSR count). The highest BCUT2D eigenvalue weighted by Gasteiger charge is 2.23. The molecular formula is C14H19N3O2S2. The summed E-state index contributed by atoms with van der Waals surface area (Å²) >= 11 is 2.92. The summed E-state index contributed by atoms with van der Waals surface area (Å²) in [5.74, 6) is 1.48. The van der Waals surface area contributed by atoms with Crippen LogP contribution in [0.2, 0.25) is 0 Å². The number of aryl methyl sites for hydroxylation is 1. The molecule has 2 aliphatic rings. The average molecular weight is 325 g/mol. The fourth-order valence-electron chi connectivity index (χ4n) is 2.64. The lowest BCUT2D eigenvalue weighted by Crippen LogP contribution is -2.27. The zero-order valence-corrected chi connectivity index (χ0v) is 13.7. The van der Waals surface area contributed by atoms with E-state index in [0.717, 1.165) is 30.8 Å². The van der Waals surface area contributed by atoms with Crippen molar-refractivity contribution >= 4 is 39.4 Å². The molecular weight excluding hydrogens is 306 g/mol. The molecule has 7 heteroatoms. The van der Waals surface area contributed by atoms with Gasteiger partial charge in [0.15, 0.2) is 5.13 Å². The fourth-order valence-corrected chi connectivity index (χ4v) is 4.68.